The van der Waals surface area contributed by atoms with E-state index in [1.165, 1.54) is 5.56 Å². The molecule has 2 N–H and O–H groups in total. The summed E-state index contributed by atoms with van der Waals surface area (Å²) in [6, 6.07) is 11.5. The van der Waals surface area contributed by atoms with Crippen molar-refractivity contribution < 1.29 is 14.3 Å². The highest BCUT2D eigenvalue weighted by molar-refractivity contribution is 6.03. The van der Waals surface area contributed by atoms with Gasteiger partial charge in [0.05, 0.1) is 13.7 Å². The number of anilines is 2. The number of aryl methyl sites for hydroxylation is 2. The fourth-order valence-electron chi connectivity index (χ4n) is 4.93. The summed E-state index contributed by atoms with van der Waals surface area (Å²) in [5, 5.41) is 6.12. The Hall–Kier alpha value is -3.02. The van der Waals surface area contributed by atoms with Crippen molar-refractivity contribution in [2.24, 2.45) is 0 Å². The summed E-state index contributed by atoms with van der Waals surface area (Å²) < 4.78 is 5.41. The first-order valence-corrected chi connectivity index (χ1v) is 11.1. The van der Waals surface area contributed by atoms with Crippen molar-refractivity contribution >= 4 is 23.3 Å². The van der Waals surface area contributed by atoms with Crippen LogP contribution in [0.5, 0.6) is 5.75 Å². The Morgan fingerprint density at radius 3 is 2.68 bits per heavy atom. The quantitative estimate of drug-likeness (QED) is 0.692. The molecule has 0 aromatic heterocycles. The van der Waals surface area contributed by atoms with Crippen LogP contribution in [0, 0.1) is 6.92 Å². The number of nitrogens with zero attached hydrogens (tertiary/aromatic N) is 1. The SMILES string of the molecule is CCc1cccc2c1CN(C1(C(=O)Nc3ccc(C)c(OC)c3)CCCCC1)C(=O)N2. The average molecular weight is 422 g/mol. The molecule has 0 radical (unpaired) electrons. The fraction of sp³-hybridized carbons (Fsp3) is 0.440. The number of carbonyl (C=O) groups is 2. The maximum atomic E-state index is 13.7. The van der Waals surface area contributed by atoms with Crippen LogP contribution in [-0.4, -0.2) is 29.5 Å². The van der Waals surface area contributed by atoms with E-state index in [0.29, 0.717) is 25.1 Å². The van der Waals surface area contributed by atoms with Crippen molar-refractivity contribution in [3.8, 4) is 5.75 Å². The third-order valence-corrected chi connectivity index (χ3v) is 6.74. The van der Waals surface area contributed by atoms with Gasteiger partial charge in [0.2, 0.25) is 5.91 Å². The van der Waals surface area contributed by atoms with Crippen LogP contribution in [0.15, 0.2) is 36.4 Å². The zero-order chi connectivity index (χ0) is 22.0. The number of amides is 3. The highest BCUT2D eigenvalue weighted by Crippen LogP contribution is 2.40. The first-order valence-electron chi connectivity index (χ1n) is 11.1. The lowest BCUT2D eigenvalue weighted by Crippen LogP contribution is -2.61. The monoisotopic (exact) mass is 421 g/mol. The Labute approximate surface area is 184 Å². The molecule has 3 amide bonds. The van der Waals surface area contributed by atoms with Crippen molar-refractivity contribution in [1.82, 2.24) is 4.90 Å². The number of ether oxygens (including phenoxy) is 1. The van der Waals surface area contributed by atoms with Crippen molar-refractivity contribution in [3.63, 3.8) is 0 Å². The minimum atomic E-state index is -0.862. The molecule has 2 aliphatic rings. The van der Waals surface area contributed by atoms with E-state index in [4.69, 9.17) is 4.74 Å². The van der Waals surface area contributed by atoms with Gasteiger partial charge in [-0.3, -0.25) is 4.79 Å². The topological polar surface area (TPSA) is 70.7 Å². The highest BCUT2D eigenvalue weighted by atomic mass is 16.5. The number of hydrogen-bond acceptors (Lipinski definition) is 3. The number of carbonyl (C=O) groups excluding carboxylic acids is 2. The van der Waals surface area contributed by atoms with Gasteiger partial charge < -0.3 is 20.3 Å². The Bertz CT molecular complexity index is 996. The molecule has 0 saturated heterocycles. The van der Waals surface area contributed by atoms with Crippen molar-refractivity contribution in [2.75, 3.05) is 17.7 Å². The van der Waals surface area contributed by atoms with Gasteiger partial charge in [0, 0.05) is 17.4 Å². The van der Waals surface area contributed by atoms with E-state index in [-0.39, 0.29) is 11.9 Å². The van der Waals surface area contributed by atoms with Crippen molar-refractivity contribution in [2.45, 2.75) is 64.5 Å². The zero-order valence-corrected chi connectivity index (χ0v) is 18.6. The Morgan fingerprint density at radius 1 is 1.19 bits per heavy atom. The standard InChI is InChI=1S/C25H31N3O3/c1-4-18-9-8-10-21-20(18)16-28(24(30)27-21)25(13-6-5-7-14-25)23(29)26-19-12-11-17(2)22(15-19)31-3/h8-12,15H,4-7,13-14,16H2,1-3H3,(H,26,29)(H,27,30). The molecule has 1 fully saturated rings. The summed E-state index contributed by atoms with van der Waals surface area (Å²) in [5.41, 5.74) is 4.00. The number of urea groups is 1. The van der Waals surface area contributed by atoms with Gasteiger partial charge in [-0.2, -0.15) is 0 Å². The van der Waals surface area contributed by atoms with E-state index in [0.717, 1.165) is 48.2 Å². The highest BCUT2D eigenvalue weighted by Gasteiger charge is 2.48. The molecule has 31 heavy (non-hydrogen) atoms. The normalized spacial score (nSPS) is 17.5. The molecule has 2 aromatic carbocycles. The van der Waals surface area contributed by atoms with Crippen LogP contribution in [0.25, 0.3) is 0 Å². The largest absolute Gasteiger partial charge is 0.496 e. The second-order valence-corrected chi connectivity index (χ2v) is 8.54. The lowest BCUT2D eigenvalue weighted by Gasteiger charge is -2.47. The van der Waals surface area contributed by atoms with Gasteiger partial charge in [-0.25, -0.2) is 4.79 Å². The third kappa shape index (κ3) is 3.87. The van der Waals surface area contributed by atoms with Gasteiger partial charge in [-0.1, -0.05) is 44.4 Å². The Kier molecular flexibility index (Phi) is 5.90. The van der Waals surface area contributed by atoms with E-state index >= 15 is 0 Å². The van der Waals surface area contributed by atoms with E-state index < -0.39 is 5.54 Å². The molecule has 164 valence electrons. The first kappa shape index (κ1) is 21.2. The maximum Gasteiger partial charge on any atom is 0.323 e. The minimum absolute atomic E-state index is 0.120. The molecule has 0 bridgehead atoms. The number of fused-ring (bicyclic) bond motifs is 1. The Morgan fingerprint density at radius 2 is 1.97 bits per heavy atom. The smallest absolute Gasteiger partial charge is 0.323 e. The predicted molar refractivity (Wildman–Crippen MR) is 123 cm³/mol. The van der Waals surface area contributed by atoms with Gasteiger partial charge in [-0.05, 0) is 55.0 Å². The summed E-state index contributed by atoms with van der Waals surface area (Å²) in [5.74, 6) is 0.610. The van der Waals surface area contributed by atoms with Crippen LogP contribution in [0.3, 0.4) is 0 Å². The maximum absolute atomic E-state index is 13.7. The second kappa shape index (κ2) is 8.61. The van der Waals surface area contributed by atoms with Crippen LogP contribution in [0.2, 0.25) is 0 Å². The average Bonchev–Trinajstić information content (AvgIpc) is 2.79. The zero-order valence-electron chi connectivity index (χ0n) is 18.6. The van der Waals surface area contributed by atoms with Gasteiger partial charge >= 0.3 is 6.03 Å². The molecule has 1 heterocycles. The van der Waals surface area contributed by atoms with Crippen LogP contribution >= 0.6 is 0 Å². The van der Waals surface area contributed by atoms with Crippen molar-refractivity contribution in [3.05, 3.63) is 53.1 Å². The minimum Gasteiger partial charge on any atom is -0.496 e. The molecule has 4 rings (SSSR count). The van der Waals surface area contributed by atoms with Gasteiger partial charge in [0.1, 0.15) is 11.3 Å². The molecule has 0 unspecified atom stereocenters. The summed E-state index contributed by atoms with van der Waals surface area (Å²) in [7, 11) is 1.62. The molecule has 6 nitrogen and oxygen atoms in total. The van der Waals surface area contributed by atoms with Gasteiger partial charge in [0.25, 0.3) is 0 Å². The number of methoxy groups -OCH3 is 1. The molecule has 2 aromatic rings. The molecule has 1 saturated carbocycles. The summed E-state index contributed by atoms with van der Waals surface area (Å²) in [6.45, 7) is 4.54. The molecule has 6 heteroatoms. The summed E-state index contributed by atoms with van der Waals surface area (Å²) in [4.78, 5) is 28.7. The van der Waals surface area contributed by atoms with E-state index in [1.54, 1.807) is 12.0 Å². The van der Waals surface area contributed by atoms with Crippen LogP contribution < -0.4 is 15.4 Å². The summed E-state index contributed by atoms with van der Waals surface area (Å²) in [6.07, 6.45) is 5.15. The van der Waals surface area contributed by atoms with E-state index in [1.807, 2.05) is 37.3 Å². The molecule has 1 aliphatic heterocycles. The molecule has 1 aliphatic carbocycles. The number of rotatable bonds is 5. The first-order chi connectivity index (χ1) is 15.0. The number of benzene rings is 2. The molecule has 0 atom stereocenters. The van der Waals surface area contributed by atoms with Gasteiger partial charge in [-0.15, -0.1) is 0 Å². The predicted octanol–water partition coefficient (Wildman–Crippen LogP) is 5.26. The fourth-order valence-corrected chi connectivity index (χ4v) is 4.93. The van der Waals surface area contributed by atoms with Crippen LogP contribution in [-0.2, 0) is 17.8 Å². The molecular weight excluding hydrogens is 390 g/mol. The number of hydrogen-bond donors (Lipinski definition) is 2. The summed E-state index contributed by atoms with van der Waals surface area (Å²) >= 11 is 0. The van der Waals surface area contributed by atoms with Crippen LogP contribution in [0.1, 0.15) is 55.7 Å². The number of nitrogens with one attached hydrogen (secondary N) is 2. The second-order valence-electron chi connectivity index (χ2n) is 8.54. The lowest BCUT2D eigenvalue weighted by molar-refractivity contribution is -0.128. The molecule has 0 spiro atoms. The van der Waals surface area contributed by atoms with Crippen LogP contribution in [0.4, 0.5) is 16.2 Å². The van der Waals surface area contributed by atoms with E-state index in [9.17, 15) is 9.59 Å². The molecular formula is C25H31N3O3. The Balaban J connectivity index is 1.68. The lowest BCUT2D eigenvalue weighted by atomic mass is 9.78. The van der Waals surface area contributed by atoms with Crippen molar-refractivity contribution in [1.29, 1.82) is 0 Å². The van der Waals surface area contributed by atoms with Gasteiger partial charge in [0.15, 0.2) is 0 Å². The van der Waals surface area contributed by atoms with E-state index in [2.05, 4.69) is 23.6 Å². The third-order valence-electron chi connectivity index (χ3n) is 6.74.